The maximum absolute atomic E-state index is 9.75. The summed E-state index contributed by atoms with van der Waals surface area (Å²) in [5, 5.41) is 5.85. The largest absolute Gasteiger partial charge is 3.00 e. The second-order valence-corrected chi connectivity index (χ2v) is 17.0. The van der Waals surface area contributed by atoms with Crippen molar-refractivity contribution >= 4 is 58.8 Å². The molecule has 0 nitrogen and oxygen atoms in total. The van der Waals surface area contributed by atoms with Gasteiger partial charge in [0.1, 0.15) is 0 Å². The van der Waals surface area contributed by atoms with Crippen molar-refractivity contribution in [3.63, 3.8) is 0 Å². The first-order valence-corrected chi connectivity index (χ1v) is 21.1. The molecule has 0 radical (unpaired) electrons. The first kappa shape index (κ1) is 53.4. The molecule has 0 fully saturated rings. The van der Waals surface area contributed by atoms with Gasteiger partial charge < -0.3 is 51.8 Å². The van der Waals surface area contributed by atoms with E-state index in [1.165, 1.54) is 52.5 Å². The van der Waals surface area contributed by atoms with E-state index in [1.54, 1.807) is 0 Å². The zero-order valence-corrected chi connectivity index (χ0v) is 35.0. The quantitative estimate of drug-likeness (QED) is 0.0785. The van der Waals surface area contributed by atoms with Gasteiger partial charge in [-0.05, 0) is 86.5 Å². The Morgan fingerprint density at radius 3 is 0.983 bits per heavy atom. The average molecular weight is 960 g/mol. The summed E-state index contributed by atoms with van der Waals surface area (Å²) < 4.78 is 117. The van der Waals surface area contributed by atoms with E-state index in [0.29, 0.717) is 5.66 Å². The third-order valence-corrected chi connectivity index (χ3v) is 13.4. The van der Waals surface area contributed by atoms with Crippen molar-refractivity contribution in [2.45, 2.75) is 37.8 Å². The molecule has 59 heavy (non-hydrogen) atoms. The molecule has 0 N–H and O–H groups in total. The van der Waals surface area contributed by atoms with Crippen LogP contribution in [0.1, 0.15) is 31.2 Å². The molecule has 5 aromatic rings. The van der Waals surface area contributed by atoms with E-state index in [4.69, 9.17) is 0 Å². The second kappa shape index (κ2) is 28.8. The van der Waals surface area contributed by atoms with Crippen LogP contribution in [-0.4, -0.2) is 33.6 Å². The molecule has 0 bridgehead atoms. The minimum atomic E-state index is -6.00. The summed E-state index contributed by atoms with van der Waals surface area (Å²) in [6, 6.07) is 55.8. The summed E-state index contributed by atoms with van der Waals surface area (Å²) in [5.41, 5.74) is 1.94. The van der Waals surface area contributed by atoms with Crippen LogP contribution in [0.4, 0.5) is 51.8 Å². The van der Waals surface area contributed by atoms with E-state index in [2.05, 4.69) is 176 Å². The molecule has 0 amide bonds. The van der Waals surface area contributed by atoms with Crippen LogP contribution in [0.2, 0.25) is 0 Å². The minimum Gasteiger partial charge on any atom is -0.418 e. The van der Waals surface area contributed by atoms with Gasteiger partial charge in [0.15, 0.2) is 0 Å². The Kier molecular flexibility index (Phi) is 26.1. The van der Waals surface area contributed by atoms with Crippen molar-refractivity contribution in [3.8, 4) is 0 Å². The third kappa shape index (κ3) is 28.5. The molecule has 1 aliphatic rings. The standard InChI is InChI=1S/C33H30P2.C8H12.3BF4.Rh/c1-6-16-28(17-7-1)26-33(35(31-22-12-4-13-23-31)32-24-14-5-15-25-32)27-34(29-18-8-2-9-19-29)30-20-10-3-11-21-30;1-2-4-6-8-7-5-3-1;3*2-1(3,4)5;/h1-25,33H,26-27H2;1-4H,5-8H2;;;;/q;;3*-1;+3/t33-;;;;;/m0...../s1. The normalized spacial score (nSPS) is 12.9. The number of halogens is 12. The molecule has 0 aromatic heterocycles. The van der Waals surface area contributed by atoms with Gasteiger partial charge in [0.2, 0.25) is 0 Å². The first-order chi connectivity index (χ1) is 27.4. The van der Waals surface area contributed by atoms with E-state index in [-0.39, 0.29) is 19.5 Å². The van der Waals surface area contributed by atoms with Crippen LogP contribution >= 0.6 is 15.8 Å². The predicted molar refractivity (Wildman–Crippen MR) is 224 cm³/mol. The summed E-state index contributed by atoms with van der Waals surface area (Å²) in [4.78, 5) is 0. The maximum atomic E-state index is 9.75. The smallest absolute Gasteiger partial charge is 0.418 e. The summed E-state index contributed by atoms with van der Waals surface area (Å²) in [5.74, 6) is 0. The molecule has 1 aliphatic carbocycles. The Hall–Kier alpha value is -3.58. The van der Waals surface area contributed by atoms with E-state index < -0.39 is 37.6 Å². The molecule has 6 rings (SSSR count). The molecule has 0 heterocycles. The number of hydrogen-bond acceptors (Lipinski definition) is 0. The monoisotopic (exact) mass is 960 g/mol. The Bertz CT molecular complexity index is 1700. The fourth-order valence-electron chi connectivity index (χ4n) is 5.53. The zero-order chi connectivity index (χ0) is 42.9. The molecule has 5 aromatic carbocycles. The number of hydrogen-bond donors (Lipinski definition) is 0. The summed E-state index contributed by atoms with van der Waals surface area (Å²) in [6.45, 7) is 0. The fourth-order valence-corrected chi connectivity index (χ4v) is 11.5. The van der Waals surface area contributed by atoms with E-state index in [0.717, 1.165) is 12.6 Å². The van der Waals surface area contributed by atoms with Gasteiger partial charge in [0.25, 0.3) is 0 Å². The number of rotatable bonds is 9. The second-order valence-electron chi connectivity index (χ2n) is 12.3. The van der Waals surface area contributed by atoms with Gasteiger partial charge in [-0.15, -0.1) is 0 Å². The molecule has 0 spiro atoms. The van der Waals surface area contributed by atoms with Crippen LogP contribution in [0.25, 0.3) is 0 Å². The Morgan fingerprint density at radius 1 is 0.407 bits per heavy atom. The molecule has 0 aliphatic heterocycles. The van der Waals surface area contributed by atoms with Crippen molar-refractivity contribution in [2.24, 2.45) is 0 Å². The SMILES string of the molecule is C1=CCCCCC=C1.F[B-](F)(F)F.F[B-](F)(F)F.F[B-](F)(F)F.[Rh+3].c1ccc(C[C@@H](CP(c2ccccc2)c2ccccc2)P(c2ccccc2)c2ccccc2)cc1. The van der Waals surface area contributed by atoms with Gasteiger partial charge in [-0.25, -0.2) is 0 Å². The fraction of sp³-hybridized carbons (Fsp3) is 0.171. The van der Waals surface area contributed by atoms with Crippen LogP contribution in [0.3, 0.4) is 0 Å². The van der Waals surface area contributed by atoms with Crippen LogP contribution in [0.5, 0.6) is 0 Å². The molecule has 0 saturated heterocycles. The van der Waals surface area contributed by atoms with Crippen LogP contribution in [0, 0.1) is 0 Å². The topological polar surface area (TPSA) is 0 Å². The van der Waals surface area contributed by atoms with Crippen LogP contribution < -0.4 is 21.2 Å². The Morgan fingerprint density at radius 2 is 0.678 bits per heavy atom. The molecule has 318 valence electrons. The Labute approximate surface area is 354 Å². The van der Waals surface area contributed by atoms with Gasteiger partial charge in [0, 0.05) is 0 Å². The minimum absolute atomic E-state index is 0. The first-order valence-electron chi connectivity index (χ1n) is 18.1. The van der Waals surface area contributed by atoms with Crippen molar-refractivity contribution < 1.29 is 71.3 Å². The third-order valence-electron chi connectivity index (χ3n) is 7.65. The van der Waals surface area contributed by atoms with Gasteiger partial charge in [-0.2, -0.15) is 0 Å². The van der Waals surface area contributed by atoms with Crippen molar-refractivity contribution in [2.75, 3.05) is 6.16 Å². The molecule has 1 atom stereocenters. The molecule has 0 unspecified atom stereocenters. The molecular formula is C41H42B3F12P2Rh. The van der Waals surface area contributed by atoms with Crippen LogP contribution in [-0.2, 0) is 25.9 Å². The predicted octanol–water partition coefficient (Wildman–Crippen LogP) is 13.4. The summed E-state index contributed by atoms with van der Waals surface area (Å²) in [7, 11) is -19.0. The zero-order valence-electron chi connectivity index (χ0n) is 31.6. The molecule has 0 saturated carbocycles. The van der Waals surface area contributed by atoms with E-state index in [9.17, 15) is 51.8 Å². The summed E-state index contributed by atoms with van der Waals surface area (Å²) in [6.07, 6.45) is 16.2. The number of allylic oxidation sites excluding steroid dienone is 4. The summed E-state index contributed by atoms with van der Waals surface area (Å²) >= 11 is 0. The van der Waals surface area contributed by atoms with Crippen molar-refractivity contribution in [1.29, 1.82) is 0 Å². The average Bonchev–Trinajstić information content (AvgIpc) is 3.14. The van der Waals surface area contributed by atoms with E-state index in [1.807, 2.05) is 0 Å². The van der Waals surface area contributed by atoms with Gasteiger partial charge in [-0.1, -0.05) is 176 Å². The van der Waals surface area contributed by atoms with Crippen molar-refractivity contribution in [3.05, 3.63) is 182 Å². The molecule has 18 heteroatoms. The van der Waals surface area contributed by atoms with E-state index >= 15 is 0 Å². The van der Waals surface area contributed by atoms with Gasteiger partial charge >= 0.3 is 41.2 Å². The van der Waals surface area contributed by atoms with Crippen molar-refractivity contribution in [1.82, 2.24) is 0 Å². The number of benzene rings is 5. The maximum Gasteiger partial charge on any atom is 3.00 e. The van der Waals surface area contributed by atoms with Crippen LogP contribution in [0.15, 0.2) is 176 Å². The molecular weight excluding hydrogens is 918 g/mol. The van der Waals surface area contributed by atoms with Gasteiger partial charge in [-0.3, -0.25) is 0 Å². The van der Waals surface area contributed by atoms with Gasteiger partial charge in [0.05, 0.1) is 0 Å². The Balaban J connectivity index is 0.000000591.